The second-order valence-corrected chi connectivity index (χ2v) is 17.9. The second-order valence-electron chi connectivity index (χ2n) is 15.7. The molecule has 0 aromatic carbocycles. The smallest absolute Gasteiger partial charge is 0.264 e. The predicted octanol–water partition coefficient (Wildman–Crippen LogP) is 8.35. The molecule has 5 rings (SSSR count). The number of hydrogen-bond acceptors (Lipinski definition) is 6. The summed E-state index contributed by atoms with van der Waals surface area (Å²) in [6.07, 6.45) is 24.3. The minimum atomic E-state index is -3.51. The third kappa shape index (κ3) is 10.3. The van der Waals surface area contributed by atoms with Crippen molar-refractivity contribution in [1.82, 2.24) is 5.32 Å². The van der Waals surface area contributed by atoms with E-state index in [0.717, 1.165) is 57.5 Å². The van der Waals surface area contributed by atoms with Gasteiger partial charge in [0, 0.05) is 24.1 Å². The van der Waals surface area contributed by atoms with Gasteiger partial charge in [0.25, 0.3) is 10.1 Å². The Labute approximate surface area is 268 Å². The SMILES string of the molecule is CC(C)(OC1CCCCO1)C1CCCCC1CCC(OS(C)(=O)=O)C1CCCC(CCC2CCC3CCC(Cl)CC3N2)C1. The van der Waals surface area contributed by atoms with E-state index in [4.69, 9.17) is 25.3 Å². The Bertz CT molecular complexity index is 956. The number of nitrogens with one attached hydrogen (secondary N) is 1. The lowest BCUT2D eigenvalue weighted by molar-refractivity contribution is -0.237. The van der Waals surface area contributed by atoms with Crippen molar-refractivity contribution in [2.24, 2.45) is 29.6 Å². The first-order valence-corrected chi connectivity index (χ1v) is 20.4. The van der Waals surface area contributed by atoms with Crippen LogP contribution < -0.4 is 5.32 Å². The third-order valence-corrected chi connectivity index (χ3v) is 13.0. The minimum Gasteiger partial charge on any atom is -0.353 e. The van der Waals surface area contributed by atoms with Crippen LogP contribution in [0.15, 0.2) is 0 Å². The van der Waals surface area contributed by atoms with Gasteiger partial charge in [0.05, 0.1) is 18.0 Å². The largest absolute Gasteiger partial charge is 0.353 e. The molecular weight excluding hydrogens is 582 g/mol. The molecule has 0 amide bonds. The molecule has 3 saturated carbocycles. The first-order valence-electron chi connectivity index (χ1n) is 18.1. The van der Waals surface area contributed by atoms with E-state index < -0.39 is 10.1 Å². The Hall–Kier alpha value is 0.0800. The monoisotopic (exact) mass is 643 g/mol. The van der Waals surface area contributed by atoms with Crippen LogP contribution in [0.2, 0.25) is 0 Å². The molecule has 8 heteroatoms. The summed E-state index contributed by atoms with van der Waals surface area (Å²) in [4.78, 5) is 0. The molecule has 2 saturated heterocycles. The molecular formula is C35H62ClNO5S. The van der Waals surface area contributed by atoms with Gasteiger partial charge in [-0.3, -0.25) is 4.18 Å². The van der Waals surface area contributed by atoms with Gasteiger partial charge in [0.1, 0.15) is 0 Å². The molecule has 0 radical (unpaired) electrons. The highest BCUT2D eigenvalue weighted by Gasteiger charge is 2.41. The van der Waals surface area contributed by atoms with Crippen LogP contribution >= 0.6 is 11.6 Å². The van der Waals surface area contributed by atoms with E-state index in [0.29, 0.717) is 41.1 Å². The lowest BCUT2D eigenvalue weighted by Crippen LogP contribution is -2.50. The number of ether oxygens (including phenoxy) is 2. The Balaban J connectivity index is 1.15. The van der Waals surface area contributed by atoms with Crippen molar-refractivity contribution < 1.29 is 22.1 Å². The summed E-state index contributed by atoms with van der Waals surface area (Å²) in [5.41, 5.74) is -0.244. The fraction of sp³-hybridized carbons (Fsp3) is 1.00. The van der Waals surface area contributed by atoms with Crippen LogP contribution in [0, 0.1) is 29.6 Å². The van der Waals surface area contributed by atoms with Crippen molar-refractivity contribution in [3.63, 3.8) is 0 Å². The number of piperidine rings is 1. The third-order valence-electron chi connectivity index (χ3n) is 12.0. The molecule has 250 valence electrons. The quantitative estimate of drug-likeness (QED) is 0.170. The van der Waals surface area contributed by atoms with Crippen molar-refractivity contribution >= 4 is 21.7 Å². The fourth-order valence-electron chi connectivity index (χ4n) is 9.79. The number of hydrogen-bond donors (Lipinski definition) is 1. The fourth-order valence-corrected chi connectivity index (χ4v) is 10.8. The summed E-state index contributed by atoms with van der Waals surface area (Å²) in [6, 6.07) is 1.22. The van der Waals surface area contributed by atoms with E-state index in [1.165, 1.54) is 89.7 Å². The molecule has 5 aliphatic rings. The molecule has 0 aromatic rings. The van der Waals surface area contributed by atoms with E-state index in [-0.39, 0.29) is 18.0 Å². The number of halogens is 1. The Kier molecular flexibility index (Phi) is 12.6. The molecule has 10 atom stereocenters. The molecule has 0 spiro atoms. The lowest BCUT2D eigenvalue weighted by Gasteiger charge is -2.45. The van der Waals surface area contributed by atoms with Crippen LogP contribution in [0.3, 0.4) is 0 Å². The number of fused-ring (bicyclic) bond motifs is 1. The molecule has 2 heterocycles. The maximum atomic E-state index is 12.5. The molecule has 43 heavy (non-hydrogen) atoms. The van der Waals surface area contributed by atoms with Gasteiger partial charge in [-0.2, -0.15) is 8.42 Å². The standard InChI is InChI=1S/C35H62ClNO5S/c1-35(2,41-34-13-6-7-22-40-34)31-12-5-4-10-26(31)17-21-33(42-43(3,38)39)28-11-8-9-25(23-28)14-19-30-20-16-27-15-18-29(36)24-32(27)37-30/h25-34,37H,4-24H2,1-3H3. The van der Waals surface area contributed by atoms with Gasteiger partial charge in [0.15, 0.2) is 6.29 Å². The van der Waals surface area contributed by atoms with Gasteiger partial charge in [-0.25, -0.2) is 0 Å². The summed E-state index contributed by atoms with van der Waals surface area (Å²) in [5, 5.41) is 4.32. The van der Waals surface area contributed by atoms with Crippen LogP contribution in [0.1, 0.15) is 142 Å². The van der Waals surface area contributed by atoms with Gasteiger partial charge in [-0.1, -0.05) is 32.1 Å². The van der Waals surface area contributed by atoms with Crippen LogP contribution in [0.5, 0.6) is 0 Å². The maximum absolute atomic E-state index is 12.5. The number of rotatable bonds is 12. The minimum absolute atomic E-state index is 0.0861. The molecule has 6 nitrogen and oxygen atoms in total. The Morgan fingerprint density at radius 1 is 0.884 bits per heavy atom. The van der Waals surface area contributed by atoms with Gasteiger partial charge in [-0.05, 0) is 140 Å². The van der Waals surface area contributed by atoms with Gasteiger partial charge in [-0.15, -0.1) is 11.6 Å². The molecule has 3 aliphatic carbocycles. The normalized spacial score (nSPS) is 38.7. The molecule has 10 unspecified atom stereocenters. The Morgan fingerprint density at radius 3 is 2.47 bits per heavy atom. The molecule has 5 fully saturated rings. The van der Waals surface area contributed by atoms with Crippen molar-refractivity contribution in [2.45, 2.75) is 178 Å². The van der Waals surface area contributed by atoms with Crippen LogP contribution in [0.4, 0.5) is 0 Å². The first-order chi connectivity index (χ1) is 20.6. The predicted molar refractivity (Wildman–Crippen MR) is 175 cm³/mol. The van der Waals surface area contributed by atoms with Gasteiger partial charge < -0.3 is 14.8 Å². The van der Waals surface area contributed by atoms with Crippen molar-refractivity contribution in [1.29, 1.82) is 0 Å². The zero-order valence-corrected chi connectivity index (χ0v) is 29.0. The Morgan fingerprint density at radius 2 is 1.67 bits per heavy atom. The average molecular weight is 644 g/mol. The maximum Gasteiger partial charge on any atom is 0.264 e. The zero-order valence-electron chi connectivity index (χ0n) is 27.5. The summed E-state index contributed by atoms with van der Waals surface area (Å²) < 4.78 is 43.4. The molecule has 0 bridgehead atoms. The molecule has 2 aliphatic heterocycles. The van der Waals surface area contributed by atoms with Crippen molar-refractivity contribution in [2.75, 3.05) is 12.9 Å². The molecule has 0 aromatic heterocycles. The van der Waals surface area contributed by atoms with Crippen molar-refractivity contribution in [3.8, 4) is 0 Å². The van der Waals surface area contributed by atoms with E-state index in [9.17, 15) is 8.42 Å². The topological polar surface area (TPSA) is 73.9 Å². The summed E-state index contributed by atoms with van der Waals surface area (Å²) >= 11 is 6.51. The van der Waals surface area contributed by atoms with Crippen molar-refractivity contribution in [3.05, 3.63) is 0 Å². The van der Waals surface area contributed by atoms with E-state index in [1.807, 2.05) is 0 Å². The van der Waals surface area contributed by atoms with Gasteiger partial charge in [0.2, 0.25) is 0 Å². The van der Waals surface area contributed by atoms with E-state index >= 15 is 0 Å². The zero-order chi connectivity index (χ0) is 30.5. The first kappa shape index (κ1) is 34.4. The van der Waals surface area contributed by atoms with E-state index in [2.05, 4.69) is 19.2 Å². The van der Waals surface area contributed by atoms with Crippen LogP contribution in [0.25, 0.3) is 0 Å². The van der Waals surface area contributed by atoms with Crippen LogP contribution in [-0.4, -0.2) is 56.7 Å². The van der Waals surface area contributed by atoms with Crippen LogP contribution in [-0.2, 0) is 23.8 Å². The summed E-state index contributed by atoms with van der Waals surface area (Å²) in [6.45, 7) is 5.32. The van der Waals surface area contributed by atoms with Gasteiger partial charge >= 0.3 is 0 Å². The average Bonchev–Trinajstić information content (AvgIpc) is 2.98. The lowest BCUT2D eigenvalue weighted by atomic mass is 9.68. The summed E-state index contributed by atoms with van der Waals surface area (Å²) in [7, 11) is -3.51. The highest BCUT2D eigenvalue weighted by atomic mass is 35.5. The summed E-state index contributed by atoms with van der Waals surface area (Å²) in [5.74, 6) is 2.81. The molecule has 1 N–H and O–H groups in total. The highest BCUT2D eigenvalue weighted by Crippen LogP contribution is 2.44. The number of alkyl halides is 1. The highest BCUT2D eigenvalue weighted by molar-refractivity contribution is 7.86. The second kappa shape index (κ2) is 15.8. The van der Waals surface area contributed by atoms with E-state index in [1.54, 1.807) is 0 Å².